The van der Waals surface area contributed by atoms with Crippen molar-refractivity contribution >= 4 is 26.9 Å². The van der Waals surface area contributed by atoms with Crippen LogP contribution in [0.5, 0.6) is 5.75 Å². The molecule has 1 aromatic heterocycles. The van der Waals surface area contributed by atoms with Crippen LogP contribution >= 0.6 is 0 Å². The molecule has 0 aliphatic carbocycles. The minimum absolute atomic E-state index is 0.0110. The van der Waals surface area contributed by atoms with Crippen LogP contribution < -0.4 is 5.73 Å². The van der Waals surface area contributed by atoms with E-state index in [9.17, 15) is 18.3 Å². The Morgan fingerprint density at radius 1 is 1.30 bits per heavy atom. The lowest BCUT2D eigenvalue weighted by Gasteiger charge is -2.14. The van der Waals surface area contributed by atoms with Crippen LogP contribution in [0.25, 0.3) is 10.9 Å². The molecule has 0 saturated heterocycles. The van der Waals surface area contributed by atoms with Gasteiger partial charge in [-0.15, -0.1) is 0 Å². The van der Waals surface area contributed by atoms with Crippen molar-refractivity contribution in [3.63, 3.8) is 0 Å². The van der Waals surface area contributed by atoms with Gasteiger partial charge >= 0.3 is 5.97 Å². The number of sulfonamides is 1. The van der Waals surface area contributed by atoms with E-state index in [-0.39, 0.29) is 28.0 Å². The number of aromatic hydroxyl groups is 1. The molecule has 2 rings (SSSR count). The second kappa shape index (κ2) is 6.11. The molecular weight excluding hydrogens is 322 g/mol. The Balaban J connectivity index is 2.61. The Morgan fingerprint density at radius 3 is 2.52 bits per heavy atom. The first-order chi connectivity index (χ1) is 10.6. The van der Waals surface area contributed by atoms with Crippen molar-refractivity contribution in [3.8, 4) is 5.75 Å². The molecule has 0 bridgehead atoms. The average Bonchev–Trinajstić information content (AvgIpc) is 2.47. The standard InChI is InChI=1S/C14H17N3O5S/c1-17(2)23(21,22)12-6-5-11(18)13-9(12)4-3-8(16-13)7-10(15)14(19)20/h3-6,10,18H,7,15H2,1-2H3,(H,19,20)/t10-/m0/s1. The van der Waals surface area contributed by atoms with Gasteiger partial charge in [-0.2, -0.15) is 0 Å². The van der Waals surface area contributed by atoms with Gasteiger partial charge in [-0.3, -0.25) is 4.79 Å². The highest BCUT2D eigenvalue weighted by Crippen LogP contribution is 2.30. The molecule has 23 heavy (non-hydrogen) atoms. The highest BCUT2D eigenvalue weighted by molar-refractivity contribution is 7.89. The molecule has 0 saturated carbocycles. The fourth-order valence-electron chi connectivity index (χ4n) is 2.06. The Kier molecular flexibility index (Phi) is 4.55. The first-order valence-corrected chi connectivity index (χ1v) is 8.11. The number of rotatable bonds is 5. The van der Waals surface area contributed by atoms with Crippen molar-refractivity contribution in [1.29, 1.82) is 0 Å². The van der Waals surface area contributed by atoms with Crippen molar-refractivity contribution in [3.05, 3.63) is 30.0 Å². The van der Waals surface area contributed by atoms with Crippen LogP contribution in [-0.4, -0.2) is 54.0 Å². The predicted octanol–water partition coefficient (Wildman–Crippen LogP) is 0.145. The third-order valence-electron chi connectivity index (χ3n) is 3.36. The smallest absolute Gasteiger partial charge is 0.320 e. The van der Waals surface area contributed by atoms with Crippen LogP contribution in [0.3, 0.4) is 0 Å². The third kappa shape index (κ3) is 3.26. The van der Waals surface area contributed by atoms with Crippen LogP contribution in [0.1, 0.15) is 5.69 Å². The van der Waals surface area contributed by atoms with Crippen LogP contribution in [0.15, 0.2) is 29.2 Å². The minimum Gasteiger partial charge on any atom is -0.506 e. The summed E-state index contributed by atoms with van der Waals surface area (Å²) in [6.07, 6.45) is -0.0324. The number of fused-ring (bicyclic) bond motifs is 1. The molecule has 9 heteroatoms. The van der Waals surface area contributed by atoms with E-state index in [0.717, 1.165) is 4.31 Å². The molecule has 0 radical (unpaired) electrons. The molecule has 8 nitrogen and oxygen atoms in total. The quantitative estimate of drug-likeness (QED) is 0.705. The highest BCUT2D eigenvalue weighted by atomic mass is 32.2. The zero-order valence-corrected chi connectivity index (χ0v) is 13.4. The van der Waals surface area contributed by atoms with Gasteiger partial charge in [0, 0.05) is 31.6 Å². The van der Waals surface area contributed by atoms with E-state index in [1.54, 1.807) is 0 Å². The number of carbonyl (C=O) groups is 1. The van der Waals surface area contributed by atoms with Gasteiger partial charge in [0.1, 0.15) is 17.3 Å². The van der Waals surface area contributed by atoms with Crippen LogP contribution in [0.4, 0.5) is 0 Å². The number of benzene rings is 1. The molecule has 4 N–H and O–H groups in total. The maximum absolute atomic E-state index is 12.3. The number of nitrogens with two attached hydrogens (primary N) is 1. The predicted molar refractivity (Wildman–Crippen MR) is 83.6 cm³/mol. The molecule has 0 fully saturated rings. The summed E-state index contributed by atoms with van der Waals surface area (Å²) in [6.45, 7) is 0. The van der Waals surface area contributed by atoms with Gasteiger partial charge in [-0.1, -0.05) is 0 Å². The summed E-state index contributed by atoms with van der Waals surface area (Å²) >= 11 is 0. The summed E-state index contributed by atoms with van der Waals surface area (Å²) in [4.78, 5) is 15.0. The van der Waals surface area contributed by atoms with Crippen molar-refractivity contribution < 1.29 is 23.4 Å². The minimum atomic E-state index is -3.71. The van der Waals surface area contributed by atoms with Gasteiger partial charge in [-0.05, 0) is 24.3 Å². The first kappa shape index (κ1) is 17.1. The zero-order chi connectivity index (χ0) is 17.4. The average molecular weight is 339 g/mol. The summed E-state index contributed by atoms with van der Waals surface area (Å²) in [6, 6.07) is 4.40. The topological polar surface area (TPSA) is 134 Å². The molecule has 0 unspecified atom stereocenters. The normalized spacial score (nSPS) is 13.4. The van der Waals surface area contributed by atoms with Crippen LogP contribution in [0.2, 0.25) is 0 Å². The maximum atomic E-state index is 12.3. The molecule has 124 valence electrons. The Hall–Kier alpha value is -2.23. The second-order valence-corrected chi connectivity index (χ2v) is 7.34. The van der Waals surface area contributed by atoms with E-state index >= 15 is 0 Å². The summed E-state index contributed by atoms with van der Waals surface area (Å²) in [5.74, 6) is -1.36. The van der Waals surface area contributed by atoms with Gasteiger partial charge in [0.25, 0.3) is 0 Å². The largest absolute Gasteiger partial charge is 0.506 e. The number of carboxylic acid groups (broad SMARTS) is 1. The Morgan fingerprint density at radius 2 is 1.96 bits per heavy atom. The number of aliphatic carboxylic acids is 1. The molecule has 0 aliphatic heterocycles. The molecule has 1 atom stereocenters. The number of pyridine rings is 1. The number of hydrogen-bond donors (Lipinski definition) is 3. The summed E-state index contributed by atoms with van der Waals surface area (Å²) in [5.41, 5.74) is 5.90. The van der Waals surface area contributed by atoms with Crippen LogP contribution in [0, 0.1) is 0 Å². The SMILES string of the molecule is CN(C)S(=O)(=O)c1ccc(O)c2nc(C[C@H](N)C(=O)O)ccc12. The molecule has 0 aliphatic rings. The van der Waals surface area contributed by atoms with Crippen molar-refractivity contribution in [2.45, 2.75) is 17.4 Å². The zero-order valence-electron chi connectivity index (χ0n) is 12.6. The number of phenolic OH excluding ortho intramolecular Hbond substituents is 1. The van der Waals surface area contributed by atoms with Crippen LogP contribution in [-0.2, 0) is 21.2 Å². The van der Waals surface area contributed by atoms with E-state index in [1.807, 2.05) is 0 Å². The number of aromatic nitrogens is 1. The maximum Gasteiger partial charge on any atom is 0.320 e. The molecule has 1 aromatic carbocycles. The van der Waals surface area contributed by atoms with Gasteiger partial charge < -0.3 is 15.9 Å². The first-order valence-electron chi connectivity index (χ1n) is 6.67. The Bertz CT molecular complexity index is 864. The summed E-state index contributed by atoms with van der Waals surface area (Å²) < 4.78 is 25.7. The van der Waals surface area contributed by atoms with Gasteiger partial charge in [-0.25, -0.2) is 17.7 Å². The van der Waals surface area contributed by atoms with Gasteiger partial charge in [0.15, 0.2) is 0 Å². The van der Waals surface area contributed by atoms with E-state index in [4.69, 9.17) is 10.8 Å². The number of phenols is 1. The van der Waals surface area contributed by atoms with Crippen molar-refractivity contribution in [1.82, 2.24) is 9.29 Å². The lowest BCUT2D eigenvalue weighted by atomic mass is 10.1. The van der Waals surface area contributed by atoms with E-state index in [2.05, 4.69) is 4.98 Å². The number of nitrogens with zero attached hydrogens (tertiary/aromatic N) is 2. The lowest BCUT2D eigenvalue weighted by molar-refractivity contribution is -0.138. The molecule has 2 aromatic rings. The van der Waals surface area contributed by atoms with E-state index in [0.29, 0.717) is 5.69 Å². The fraction of sp³-hybridized carbons (Fsp3) is 0.286. The summed E-state index contributed by atoms with van der Waals surface area (Å²) in [7, 11) is -0.897. The van der Waals surface area contributed by atoms with Gasteiger partial charge in [0.05, 0.1) is 4.90 Å². The van der Waals surface area contributed by atoms with E-state index < -0.39 is 22.0 Å². The van der Waals surface area contributed by atoms with Crippen molar-refractivity contribution in [2.24, 2.45) is 5.73 Å². The van der Waals surface area contributed by atoms with Crippen molar-refractivity contribution in [2.75, 3.05) is 14.1 Å². The monoisotopic (exact) mass is 339 g/mol. The molecule has 0 spiro atoms. The molecule has 0 amide bonds. The molecule has 1 heterocycles. The van der Waals surface area contributed by atoms with E-state index in [1.165, 1.54) is 38.4 Å². The highest BCUT2D eigenvalue weighted by Gasteiger charge is 2.22. The fourth-order valence-corrected chi connectivity index (χ4v) is 3.14. The number of hydrogen-bond acceptors (Lipinski definition) is 6. The third-order valence-corrected chi connectivity index (χ3v) is 5.23. The summed E-state index contributed by atoms with van der Waals surface area (Å²) in [5, 5.41) is 19.0. The Labute approximate surface area is 133 Å². The number of carboxylic acids is 1. The second-order valence-electron chi connectivity index (χ2n) is 5.22. The molecular formula is C14H17N3O5S. The lowest BCUT2D eigenvalue weighted by Crippen LogP contribution is -2.32. The van der Waals surface area contributed by atoms with Gasteiger partial charge in [0.2, 0.25) is 10.0 Å².